The highest BCUT2D eigenvalue weighted by atomic mass is 79.9. The third-order valence-electron chi connectivity index (χ3n) is 4.83. The summed E-state index contributed by atoms with van der Waals surface area (Å²) in [5.41, 5.74) is -1.13. The summed E-state index contributed by atoms with van der Waals surface area (Å²) < 4.78 is 39.6. The highest BCUT2D eigenvalue weighted by molar-refractivity contribution is 9.10. The first-order chi connectivity index (χ1) is 15.6. The number of hydrogen-bond donors (Lipinski definition) is 4. The van der Waals surface area contributed by atoms with E-state index in [1.807, 2.05) is 0 Å². The smallest absolute Gasteiger partial charge is 0.326 e. The first-order valence-corrected chi connectivity index (χ1v) is 10.3. The predicted octanol–water partition coefficient (Wildman–Crippen LogP) is 4.36. The second-order valence-electron chi connectivity index (χ2n) is 7.18. The van der Waals surface area contributed by atoms with Gasteiger partial charge in [0.05, 0.1) is 17.0 Å². The molecule has 0 unspecified atom stereocenters. The summed E-state index contributed by atoms with van der Waals surface area (Å²) in [7, 11) is 0. The van der Waals surface area contributed by atoms with E-state index in [0.29, 0.717) is 5.69 Å². The minimum atomic E-state index is -4.54. The summed E-state index contributed by atoms with van der Waals surface area (Å²) in [5, 5.41) is 7.69. The van der Waals surface area contributed by atoms with Crippen LogP contribution in [0.3, 0.4) is 0 Å². The van der Waals surface area contributed by atoms with Gasteiger partial charge in [-0.25, -0.2) is 0 Å². The maximum atomic E-state index is 12.9. The number of amides is 2. The topological polar surface area (TPSA) is 116 Å². The van der Waals surface area contributed by atoms with E-state index in [0.717, 1.165) is 16.6 Å². The van der Waals surface area contributed by atoms with Gasteiger partial charge in [0, 0.05) is 22.3 Å². The Kier molecular flexibility index (Phi) is 5.93. The molecule has 0 fully saturated rings. The number of carbonyl (C=O) groups excluding carboxylic acids is 2. The number of aromatic nitrogens is 2. The number of H-pyrrole nitrogens is 1. The van der Waals surface area contributed by atoms with Gasteiger partial charge in [0.25, 0.3) is 5.56 Å². The fraction of sp³-hybridized carbons (Fsp3) is 0.143. The molecule has 2 amide bonds. The van der Waals surface area contributed by atoms with E-state index in [4.69, 9.17) is 0 Å². The van der Waals surface area contributed by atoms with Gasteiger partial charge in [-0.05, 0) is 42.5 Å². The highest BCUT2D eigenvalue weighted by Gasteiger charge is 2.35. The van der Waals surface area contributed by atoms with Crippen LogP contribution in [-0.4, -0.2) is 21.8 Å². The zero-order valence-electron chi connectivity index (χ0n) is 16.6. The Morgan fingerprint density at radius 2 is 1.82 bits per heavy atom. The molecule has 12 heteroatoms. The van der Waals surface area contributed by atoms with Crippen LogP contribution in [0.25, 0.3) is 0 Å². The predicted molar refractivity (Wildman–Crippen MR) is 118 cm³/mol. The molecule has 33 heavy (non-hydrogen) atoms. The molecule has 1 aromatic heterocycles. The average Bonchev–Trinajstić information content (AvgIpc) is 2.74. The number of carbonyl (C=O) groups is 2. The molecular weight excluding hydrogens is 507 g/mol. The third-order valence-corrected chi connectivity index (χ3v) is 5.36. The van der Waals surface area contributed by atoms with Gasteiger partial charge in [-0.1, -0.05) is 22.0 Å². The number of aromatic amines is 1. The van der Waals surface area contributed by atoms with Gasteiger partial charge in [0.2, 0.25) is 17.8 Å². The molecule has 1 aliphatic rings. The maximum absolute atomic E-state index is 12.9. The quantitative estimate of drug-likeness (QED) is 0.407. The number of alkyl halides is 3. The van der Waals surface area contributed by atoms with Crippen molar-refractivity contribution in [3.8, 4) is 0 Å². The van der Waals surface area contributed by atoms with Crippen molar-refractivity contribution in [2.24, 2.45) is 0 Å². The summed E-state index contributed by atoms with van der Waals surface area (Å²) in [5.74, 6) is -2.52. The van der Waals surface area contributed by atoms with Crippen LogP contribution < -0.4 is 21.5 Å². The molecule has 0 saturated heterocycles. The monoisotopic (exact) mass is 521 g/mol. The Hall–Kier alpha value is -3.67. The molecule has 4 rings (SSSR count). The lowest BCUT2D eigenvalue weighted by atomic mass is 9.92. The molecule has 0 aliphatic carbocycles. The molecule has 0 saturated carbocycles. The number of halogens is 4. The van der Waals surface area contributed by atoms with Gasteiger partial charge >= 0.3 is 6.18 Å². The van der Waals surface area contributed by atoms with Gasteiger partial charge < -0.3 is 16.0 Å². The lowest BCUT2D eigenvalue weighted by molar-refractivity contribution is -0.137. The Balaban J connectivity index is 1.62. The highest BCUT2D eigenvalue weighted by Crippen LogP contribution is 2.32. The number of nitrogens with zero attached hydrogens (tertiary/aromatic N) is 1. The Morgan fingerprint density at radius 3 is 2.52 bits per heavy atom. The van der Waals surface area contributed by atoms with Crippen molar-refractivity contribution in [2.45, 2.75) is 18.5 Å². The average molecular weight is 522 g/mol. The molecule has 4 N–H and O–H groups in total. The molecule has 8 nitrogen and oxygen atoms in total. The minimum Gasteiger partial charge on any atom is -0.326 e. The first-order valence-electron chi connectivity index (χ1n) is 9.55. The minimum absolute atomic E-state index is 0.0274. The van der Waals surface area contributed by atoms with E-state index in [1.54, 1.807) is 24.3 Å². The largest absolute Gasteiger partial charge is 0.416 e. The van der Waals surface area contributed by atoms with E-state index >= 15 is 0 Å². The SMILES string of the molecule is O=C1C[C@H](C(=O)Nc2ccc(Br)cc2)c2c(nc(Nc3cccc(C(F)(F)F)c3)[nH]c2=O)N1. The van der Waals surface area contributed by atoms with Gasteiger partial charge in [0.1, 0.15) is 5.82 Å². The zero-order chi connectivity index (χ0) is 23.8. The maximum Gasteiger partial charge on any atom is 0.416 e. The second-order valence-corrected chi connectivity index (χ2v) is 8.10. The zero-order valence-corrected chi connectivity index (χ0v) is 18.2. The molecular formula is C21H15BrF3N5O3. The van der Waals surface area contributed by atoms with Crippen LogP contribution >= 0.6 is 15.9 Å². The standard InChI is InChI=1S/C21H15BrF3N5O3/c22-11-4-6-12(7-5-11)26-18(32)14-9-15(31)28-17-16(14)19(33)30-20(29-17)27-13-3-1-2-10(8-13)21(23,24)25/h1-8,14H,9H2,(H,26,32)(H3,27,28,29,30,31,33)/t14-/m0/s1. The van der Waals surface area contributed by atoms with Crippen molar-refractivity contribution in [1.82, 2.24) is 9.97 Å². The van der Waals surface area contributed by atoms with Gasteiger partial charge in [0.15, 0.2) is 0 Å². The molecule has 1 aliphatic heterocycles. The molecule has 0 radical (unpaired) electrons. The number of anilines is 4. The number of benzene rings is 2. The lowest BCUT2D eigenvalue weighted by Crippen LogP contribution is -2.36. The molecule has 3 aromatic rings. The van der Waals surface area contributed by atoms with E-state index in [-0.39, 0.29) is 29.4 Å². The van der Waals surface area contributed by atoms with Crippen molar-refractivity contribution in [3.63, 3.8) is 0 Å². The lowest BCUT2D eigenvalue weighted by Gasteiger charge is -2.23. The van der Waals surface area contributed by atoms with Crippen LogP contribution in [0.4, 0.5) is 36.3 Å². The van der Waals surface area contributed by atoms with E-state index in [2.05, 4.69) is 41.8 Å². The van der Waals surface area contributed by atoms with Crippen molar-refractivity contribution >= 4 is 50.9 Å². The van der Waals surface area contributed by atoms with Gasteiger partial charge in [-0.2, -0.15) is 18.2 Å². The fourth-order valence-electron chi connectivity index (χ4n) is 3.33. The molecule has 0 bridgehead atoms. The third kappa shape index (κ3) is 5.06. The molecule has 0 spiro atoms. The number of fused-ring (bicyclic) bond motifs is 1. The Morgan fingerprint density at radius 1 is 1.09 bits per heavy atom. The van der Waals surface area contributed by atoms with Crippen molar-refractivity contribution in [2.75, 3.05) is 16.0 Å². The number of hydrogen-bond acceptors (Lipinski definition) is 5. The van der Waals surface area contributed by atoms with E-state index in [9.17, 15) is 27.6 Å². The first kappa shape index (κ1) is 22.5. The van der Waals surface area contributed by atoms with Crippen LogP contribution in [0.15, 0.2) is 57.8 Å². The van der Waals surface area contributed by atoms with Gasteiger partial charge in [-0.3, -0.25) is 19.4 Å². The van der Waals surface area contributed by atoms with Crippen molar-refractivity contribution < 1.29 is 22.8 Å². The summed E-state index contributed by atoms with van der Waals surface area (Å²) in [6, 6.07) is 11.1. The van der Waals surface area contributed by atoms with Crippen LogP contribution in [0.2, 0.25) is 0 Å². The van der Waals surface area contributed by atoms with Crippen molar-refractivity contribution in [1.29, 1.82) is 0 Å². The number of rotatable bonds is 4. The van der Waals surface area contributed by atoms with Crippen LogP contribution in [-0.2, 0) is 15.8 Å². The summed E-state index contributed by atoms with van der Waals surface area (Å²) in [6.07, 6.45) is -4.81. The molecule has 2 heterocycles. The van der Waals surface area contributed by atoms with Gasteiger partial charge in [-0.15, -0.1) is 0 Å². The normalized spacial score (nSPS) is 15.4. The fourth-order valence-corrected chi connectivity index (χ4v) is 3.59. The summed E-state index contributed by atoms with van der Waals surface area (Å²) in [6.45, 7) is 0. The van der Waals surface area contributed by atoms with Crippen LogP contribution in [0.1, 0.15) is 23.5 Å². The second kappa shape index (κ2) is 8.70. The molecule has 1 atom stereocenters. The number of nitrogens with one attached hydrogen (secondary N) is 4. The Bertz CT molecular complexity index is 1290. The van der Waals surface area contributed by atoms with Crippen LogP contribution in [0, 0.1) is 0 Å². The van der Waals surface area contributed by atoms with E-state index in [1.165, 1.54) is 12.1 Å². The Labute approximate surface area is 192 Å². The van der Waals surface area contributed by atoms with Crippen LogP contribution in [0.5, 0.6) is 0 Å². The van der Waals surface area contributed by atoms with Crippen molar-refractivity contribution in [3.05, 3.63) is 74.5 Å². The summed E-state index contributed by atoms with van der Waals surface area (Å²) >= 11 is 3.29. The summed E-state index contributed by atoms with van der Waals surface area (Å²) in [4.78, 5) is 44.3. The van der Waals surface area contributed by atoms with E-state index < -0.39 is 35.0 Å². The molecule has 170 valence electrons. The molecule has 2 aromatic carbocycles.